The maximum absolute atomic E-state index is 12.8. The summed E-state index contributed by atoms with van der Waals surface area (Å²) in [5.41, 5.74) is 1.66. The molecule has 2 N–H and O–H groups in total. The van der Waals surface area contributed by atoms with Crippen molar-refractivity contribution in [3.63, 3.8) is 0 Å². The van der Waals surface area contributed by atoms with Crippen molar-refractivity contribution in [1.29, 1.82) is 0 Å². The summed E-state index contributed by atoms with van der Waals surface area (Å²) in [6.07, 6.45) is 1.03. The minimum absolute atomic E-state index is 0.357. The van der Waals surface area contributed by atoms with Crippen LogP contribution in [0.5, 0.6) is 11.5 Å². The molecule has 164 valence electrons. The van der Waals surface area contributed by atoms with E-state index in [9.17, 15) is 9.59 Å². The smallest absolute Gasteiger partial charge is 0.338 e. The molecule has 2 amide bonds. The molecular weight excluding hydrogens is 388 g/mol. The zero-order valence-electron chi connectivity index (χ0n) is 18.0. The second-order valence-electron chi connectivity index (χ2n) is 7.46. The standard InChI is InChI=1S/C21H30N4O5/c1-24-8-5-9-25(11-10-24)13-15-18(20(26)30-4)19(23-21(27)22-15)14-6-7-16(28-2)17(12-14)29-3/h6-7,12,19H,5,8-11,13H2,1-4H3,(H2,22,23,27)/t19-/m0/s1. The third-order valence-corrected chi connectivity index (χ3v) is 5.49. The van der Waals surface area contributed by atoms with Crippen LogP contribution in [0.3, 0.4) is 0 Å². The number of ether oxygens (including phenoxy) is 3. The number of likely N-dealkylation sites (N-methyl/N-ethyl adjacent to an activating group) is 1. The number of benzene rings is 1. The summed E-state index contributed by atoms with van der Waals surface area (Å²) in [4.78, 5) is 29.7. The Bertz CT molecular complexity index is 826. The average molecular weight is 418 g/mol. The quantitative estimate of drug-likeness (QED) is 0.669. The molecule has 0 saturated carbocycles. The Hall–Kier alpha value is -2.78. The van der Waals surface area contributed by atoms with E-state index in [0.717, 1.165) is 32.6 Å². The monoisotopic (exact) mass is 418 g/mol. The van der Waals surface area contributed by atoms with Crippen LogP contribution in [0.1, 0.15) is 18.0 Å². The average Bonchev–Trinajstić information content (AvgIpc) is 2.96. The zero-order valence-corrected chi connectivity index (χ0v) is 18.0. The first-order chi connectivity index (χ1) is 14.5. The van der Waals surface area contributed by atoms with Gasteiger partial charge in [0.05, 0.1) is 32.9 Å². The molecule has 1 fully saturated rings. The van der Waals surface area contributed by atoms with Crippen LogP contribution in [0, 0.1) is 0 Å². The van der Waals surface area contributed by atoms with Gasteiger partial charge in [-0.2, -0.15) is 0 Å². The Morgan fingerprint density at radius 3 is 2.57 bits per heavy atom. The molecule has 0 aromatic heterocycles. The van der Waals surface area contributed by atoms with Gasteiger partial charge in [-0.1, -0.05) is 6.07 Å². The minimum atomic E-state index is -0.657. The minimum Gasteiger partial charge on any atom is -0.493 e. The van der Waals surface area contributed by atoms with Crippen LogP contribution in [0.2, 0.25) is 0 Å². The second kappa shape index (κ2) is 9.82. The first-order valence-corrected chi connectivity index (χ1v) is 9.98. The highest BCUT2D eigenvalue weighted by atomic mass is 16.5. The molecule has 2 aliphatic rings. The summed E-state index contributed by atoms with van der Waals surface area (Å²) < 4.78 is 15.8. The van der Waals surface area contributed by atoms with Gasteiger partial charge >= 0.3 is 12.0 Å². The molecule has 0 unspecified atom stereocenters. The maximum Gasteiger partial charge on any atom is 0.338 e. The summed E-state index contributed by atoms with van der Waals surface area (Å²) in [5, 5.41) is 5.67. The third kappa shape index (κ3) is 4.85. The van der Waals surface area contributed by atoms with Crippen molar-refractivity contribution >= 4 is 12.0 Å². The largest absolute Gasteiger partial charge is 0.493 e. The van der Waals surface area contributed by atoms with Crippen LogP contribution in [-0.2, 0) is 9.53 Å². The molecule has 0 aliphatic carbocycles. The molecule has 1 aromatic carbocycles. The number of hydrogen-bond donors (Lipinski definition) is 2. The molecular formula is C21H30N4O5. The summed E-state index contributed by atoms with van der Waals surface area (Å²) in [6.45, 7) is 4.19. The SMILES string of the molecule is COC(=O)C1=C(CN2CCCN(C)CC2)NC(=O)N[C@H]1c1ccc(OC)c(OC)c1. The Balaban J connectivity index is 1.98. The molecule has 1 saturated heterocycles. The highest BCUT2D eigenvalue weighted by molar-refractivity contribution is 5.95. The summed E-state index contributed by atoms with van der Waals surface area (Å²) in [5.74, 6) is 0.604. The van der Waals surface area contributed by atoms with Crippen LogP contribution in [0.4, 0.5) is 4.79 Å². The van der Waals surface area contributed by atoms with Gasteiger partial charge < -0.3 is 29.7 Å². The molecule has 0 spiro atoms. The van der Waals surface area contributed by atoms with E-state index in [2.05, 4.69) is 27.5 Å². The lowest BCUT2D eigenvalue weighted by Crippen LogP contribution is -2.48. The first-order valence-electron chi connectivity index (χ1n) is 9.98. The van der Waals surface area contributed by atoms with Crippen molar-refractivity contribution in [1.82, 2.24) is 20.4 Å². The third-order valence-electron chi connectivity index (χ3n) is 5.49. The maximum atomic E-state index is 12.8. The number of esters is 1. The first kappa shape index (κ1) is 21.9. The van der Waals surface area contributed by atoms with Crippen molar-refractivity contribution in [2.45, 2.75) is 12.5 Å². The Morgan fingerprint density at radius 2 is 1.87 bits per heavy atom. The van der Waals surface area contributed by atoms with Crippen molar-refractivity contribution in [2.24, 2.45) is 0 Å². The van der Waals surface area contributed by atoms with Gasteiger partial charge in [0.2, 0.25) is 0 Å². The van der Waals surface area contributed by atoms with Crippen molar-refractivity contribution in [3.05, 3.63) is 35.0 Å². The fourth-order valence-electron chi connectivity index (χ4n) is 3.86. The number of hydrogen-bond acceptors (Lipinski definition) is 7. The number of urea groups is 1. The van der Waals surface area contributed by atoms with Gasteiger partial charge in [0.25, 0.3) is 0 Å². The van der Waals surface area contributed by atoms with Crippen LogP contribution in [0.25, 0.3) is 0 Å². The molecule has 9 heteroatoms. The van der Waals surface area contributed by atoms with Crippen molar-refractivity contribution in [3.8, 4) is 11.5 Å². The Kier molecular flexibility index (Phi) is 7.17. The van der Waals surface area contributed by atoms with E-state index in [1.54, 1.807) is 32.4 Å². The molecule has 9 nitrogen and oxygen atoms in total. The lowest BCUT2D eigenvalue weighted by molar-refractivity contribution is -0.136. The van der Waals surface area contributed by atoms with E-state index >= 15 is 0 Å². The molecule has 30 heavy (non-hydrogen) atoms. The number of nitrogens with zero attached hydrogens (tertiary/aromatic N) is 2. The van der Waals surface area contributed by atoms with Gasteiger partial charge in [0.1, 0.15) is 0 Å². The van der Waals surface area contributed by atoms with Gasteiger partial charge in [-0.3, -0.25) is 4.90 Å². The molecule has 2 aliphatic heterocycles. The van der Waals surface area contributed by atoms with Crippen LogP contribution < -0.4 is 20.1 Å². The molecule has 2 heterocycles. The molecule has 1 aromatic rings. The molecule has 1 atom stereocenters. The predicted molar refractivity (Wildman–Crippen MR) is 112 cm³/mol. The zero-order chi connectivity index (χ0) is 21.7. The molecule has 0 bridgehead atoms. The van der Waals surface area contributed by atoms with E-state index < -0.39 is 12.0 Å². The Labute approximate surface area is 176 Å². The topological polar surface area (TPSA) is 92.4 Å². The number of methoxy groups -OCH3 is 3. The van der Waals surface area contributed by atoms with Gasteiger partial charge in [-0.05, 0) is 44.3 Å². The Morgan fingerprint density at radius 1 is 1.10 bits per heavy atom. The van der Waals surface area contributed by atoms with Crippen LogP contribution in [-0.4, -0.2) is 82.9 Å². The number of amides is 2. The van der Waals surface area contributed by atoms with Gasteiger partial charge in [0, 0.05) is 25.3 Å². The van der Waals surface area contributed by atoms with Gasteiger partial charge in [0.15, 0.2) is 11.5 Å². The van der Waals surface area contributed by atoms with Gasteiger partial charge in [-0.15, -0.1) is 0 Å². The van der Waals surface area contributed by atoms with E-state index in [-0.39, 0.29) is 6.03 Å². The highest BCUT2D eigenvalue weighted by Crippen LogP contribution is 2.34. The second-order valence-corrected chi connectivity index (χ2v) is 7.46. The van der Waals surface area contributed by atoms with E-state index in [1.807, 2.05) is 0 Å². The fourth-order valence-corrected chi connectivity index (χ4v) is 3.86. The van der Waals surface area contributed by atoms with E-state index in [1.165, 1.54) is 7.11 Å². The number of nitrogens with one attached hydrogen (secondary N) is 2. The highest BCUT2D eigenvalue weighted by Gasteiger charge is 2.34. The number of rotatable bonds is 6. The fraction of sp³-hybridized carbons (Fsp3) is 0.524. The van der Waals surface area contributed by atoms with Crippen molar-refractivity contribution in [2.75, 3.05) is 61.1 Å². The normalized spacial score (nSPS) is 20.8. The number of carbonyl (C=O) groups excluding carboxylic acids is 2. The lowest BCUT2D eigenvalue weighted by Gasteiger charge is -2.32. The van der Waals surface area contributed by atoms with Gasteiger partial charge in [-0.25, -0.2) is 9.59 Å². The van der Waals surface area contributed by atoms with E-state index in [0.29, 0.717) is 34.9 Å². The van der Waals surface area contributed by atoms with Crippen LogP contribution >= 0.6 is 0 Å². The van der Waals surface area contributed by atoms with Crippen molar-refractivity contribution < 1.29 is 23.8 Å². The lowest BCUT2D eigenvalue weighted by atomic mass is 9.94. The molecule has 0 radical (unpaired) electrons. The molecule has 3 rings (SSSR count). The van der Waals surface area contributed by atoms with Crippen LogP contribution in [0.15, 0.2) is 29.5 Å². The summed E-state index contributed by atoms with van der Waals surface area (Å²) >= 11 is 0. The summed E-state index contributed by atoms with van der Waals surface area (Å²) in [6, 6.07) is 4.30. The predicted octanol–water partition coefficient (Wildman–Crippen LogP) is 1.12. The number of carbonyl (C=O) groups is 2. The van der Waals surface area contributed by atoms with E-state index in [4.69, 9.17) is 14.2 Å². The summed E-state index contributed by atoms with van der Waals surface area (Å²) in [7, 11) is 6.54.